The van der Waals surface area contributed by atoms with Crippen LogP contribution in [0, 0.1) is 0 Å². The molecule has 25 heavy (non-hydrogen) atoms. The first kappa shape index (κ1) is 15.4. The van der Waals surface area contributed by atoms with Gasteiger partial charge >= 0.3 is 0 Å². The molecule has 3 aromatic rings. The number of anilines is 1. The summed E-state index contributed by atoms with van der Waals surface area (Å²) in [5, 5.41) is 0. The van der Waals surface area contributed by atoms with E-state index in [1.54, 1.807) is 48.7 Å². The lowest BCUT2D eigenvalue weighted by Crippen LogP contribution is -2.12. The molecule has 0 unspecified atom stereocenters. The lowest BCUT2D eigenvalue weighted by molar-refractivity contribution is 0.601. The van der Waals surface area contributed by atoms with Gasteiger partial charge < -0.3 is 4.98 Å². The van der Waals surface area contributed by atoms with E-state index >= 15 is 0 Å². The number of hydrogen-bond donors (Lipinski definition) is 2. The molecule has 0 radical (unpaired) electrons. The Kier molecular flexibility index (Phi) is 3.74. The highest BCUT2D eigenvalue weighted by molar-refractivity contribution is 7.92. The van der Waals surface area contributed by atoms with E-state index in [9.17, 15) is 8.42 Å². The van der Waals surface area contributed by atoms with Crippen LogP contribution in [-0.2, 0) is 10.0 Å². The fourth-order valence-electron chi connectivity index (χ4n) is 2.67. The van der Waals surface area contributed by atoms with Gasteiger partial charge in [-0.25, -0.2) is 8.42 Å². The third-order valence-corrected chi connectivity index (χ3v) is 5.27. The van der Waals surface area contributed by atoms with Crippen LogP contribution < -0.4 is 4.72 Å². The van der Waals surface area contributed by atoms with Gasteiger partial charge in [-0.3, -0.25) is 9.71 Å². The monoisotopic (exact) mass is 349 g/mol. The highest BCUT2D eigenvalue weighted by Crippen LogP contribution is 2.34. The van der Waals surface area contributed by atoms with Gasteiger partial charge in [-0.15, -0.1) is 0 Å². The minimum Gasteiger partial charge on any atom is -0.362 e. The van der Waals surface area contributed by atoms with Crippen molar-refractivity contribution in [2.75, 3.05) is 4.72 Å². The summed E-state index contributed by atoms with van der Waals surface area (Å²) >= 11 is 0. The van der Waals surface area contributed by atoms with Crippen molar-refractivity contribution in [1.29, 1.82) is 0 Å². The fraction of sp³-hybridized carbons (Fsp3) is 0. The van der Waals surface area contributed by atoms with Crippen molar-refractivity contribution in [2.24, 2.45) is 4.99 Å². The molecular formula is C19H15N3O2S. The van der Waals surface area contributed by atoms with Crippen LogP contribution in [-0.4, -0.2) is 19.6 Å². The third kappa shape index (κ3) is 3.12. The Hall–Kier alpha value is -3.12. The van der Waals surface area contributed by atoms with Gasteiger partial charge in [0.1, 0.15) is 0 Å². The number of para-hydroxylation sites is 1. The van der Waals surface area contributed by atoms with Crippen LogP contribution in [0.4, 0.5) is 11.4 Å². The van der Waals surface area contributed by atoms with Gasteiger partial charge in [0.05, 0.1) is 10.6 Å². The third-order valence-electron chi connectivity index (χ3n) is 3.89. The van der Waals surface area contributed by atoms with Crippen molar-refractivity contribution in [3.8, 4) is 0 Å². The van der Waals surface area contributed by atoms with Crippen LogP contribution in [0.2, 0.25) is 0 Å². The zero-order chi connectivity index (χ0) is 17.3. The van der Waals surface area contributed by atoms with Gasteiger partial charge in [0, 0.05) is 34.9 Å². The lowest BCUT2D eigenvalue weighted by Gasteiger charge is -2.09. The Balaban J connectivity index is 1.70. The second kappa shape index (κ2) is 6.07. The van der Waals surface area contributed by atoms with E-state index in [-0.39, 0.29) is 4.90 Å². The van der Waals surface area contributed by atoms with E-state index < -0.39 is 10.0 Å². The molecule has 0 aliphatic carbocycles. The fourth-order valence-corrected chi connectivity index (χ4v) is 3.76. The number of benzene rings is 2. The van der Waals surface area contributed by atoms with Gasteiger partial charge in [-0.1, -0.05) is 18.2 Å². The van der Waals surface area contributed by atoms with Crippen molar-refractivity contribution in [2.45, 2.75) is 4.90 Å². The van der Waals surface area contributed by atoms with Crippen molar-refractivity contribution in [3.63, 3.8) is 0 Å². The lowest BCUT2D eigenvalue weighted by atomic mass is 10.1. The average molecular weight is 349 g/mol. The minimum atomic E-state index is -3.66. The number of aromatic amines is 1. The van der Waals surface area contributed by atoms with E-state index in [4.69, 9.17) is 0 Å². The van der Waals surface area contributed by atoms with Gasteiger partial charge in [0.2, 0.25) is 0 Å². The number of nitrogens with zero attached hydrogens (tertiary/aromatic N) is 1. The van der Waals surface area contributed by atoms with E-state index in [2.05, 4.69) is 14.7 Å². The van der Waals surface area contributed by atoms with Crippen molar-refractivity contribution < 1.29 is 8.42 Å². The summed E-state index contributed by atoms with van der Waals surface area (Å²) in [4.78, 5) is 7.66. The molecule has 2 heterocycles. The zero-order valence-electron chi connectivity index (χ0n) is 13.2. The van der Waals surface area contributed by atoms with Crippen molar-refractivity contribution in [1.82, 2.24) is 4.98 Å². The van der Waals surface area contributed by atoms with Gasteiger partial charge in [0.25, 0.3) is 10.0 Å². The first-order chi connectivity index (χ1) is 12.1. The van der Waals surface area contributed by atoms with Gasteiger partial charge in [-0.2, -0.15) is 0 Å². The Morgan fingerprint density at radius 3 is 2.60 bits per heavy atom. The van der Waals surface area contributed by atoms with Crippen LogP contribution in [0.3, 0.4) is 0 Å². The van der Waals surface area contributed by atoms with Crippen molar-refractivity contribution in [3.05, 3.63) is 78.1 Å². The number of rotatable bonds is 4. The topological polar surface area (TPSA) is 74.3 Å². The number of aromatic nitrogens is 1. The van der Waals surface area contributed by atoms with Crippen LogP contribution >= 0.6 is 0 Å². The van der Waals surface area contributed by atoms with E-state index in [1.165, 1.54) is 0 Å². The quantitative estimate of drug-likeness (QED) is 0.745. The molecule has 2 aromatic carbocycles. The molecule has 1 aromatic heterocycles. The summed E-state index contributed by atoms with van der Waals surface area (Å²) in [6.45, 7) is 0. The van der Waals surface area contributed by atoms with Gasteiger partial charge in [0.15, 0.2) is 0 Å². The predicted octanol–water partition coefficient (Wildman–Crippen LogP) is 4.07. The summed E-state index contributed by atoms with van der Waals surface area (Å²) in [6, 6.07) is 17.6. The zero-order valence-corrected chi connectivity index (χ0v) is 14.0. The standard InChI is InChI=1S/C19H15N3O2S/c23-25(24,22-15-5-2-1-3-6-15)17-8-9-19-18(12-17)14(13-21-19)11-16-7-4-10-20-16/h1-13,20,22H. The van der Waals surface area contributed by atoms with Gasteiger partial charge in [-0.05, 0) is 48.5 Å². The number of hydrogen-bond acceptors (Lipinski definition) is 3. The largest absolute Gasteiger partial charge is 0.362 e. The molecule has 0 atom stereocenters. The summed E-state index contributed by atoms with van der Waals surface area (Å²) in [6.07, 6.45) is 5.52. The molecule has 0 spiro atoms. The Labute approximate surface area is 145 Å². The maximum Gasteiger partial charge on any atom is 0.261 e. The Morgan fingerprint density at radius 1 is 1.00 bits per heavy atom. The van der Waals surface area contributed by atoms with E-state index in [0.717, 1.165) is 22.5 Å². The minimum absolute atomic E-state index is 0.206. The molecule has 124 valence electrons. The SMILES string of the molecule is O=S(=O)(Nc1ccccc1)c1ccc2c(c1)C(=Cc1ccc[nH]1)C=N2. The molecule has 5 nitrogen and oxygen atoms in total. The van der Waals surface area contributed by atoms with Crippen LogP contribution in [0.15, 0.2) is 76.7 Å². The Bertz CT molecular complexity index is 1070. The van der Waals surface area contributed by atoms with Crippen LogP contribution in [0.1, 0.15) is 11.3 Å². The second-order valence-electron chi connectivity index (χ2n) is 5.63. The number of H-pyrrole nitrogens is 1. The van der Waals surface area contributed by atoms with Crippen LogP contribution in [0.25, 0.3) is 11.6 Å². The first-order valence-corrected chi connectivity index (χ1v) is 9.22. The number of allylic oxidation sites excluding steroid dienone is 1. The maximum absolute atomic E-state index is 12.6. The molecule has 1 aliphatic rings. The summed E-state index contributed by atoms with van der Waals surface area (Å²) in [5.41, 5.74) is 3.89. The molecule has 0 amide bonds. The molecule has 1 aliphatic heterocycles. The molecule has 6 heteroatoms. The van der Waals surface area contributed by atoms with E-state index in [0.29, 0.717) is 5.69 Å². The Morgan fingerprint density at radius 2 is 1.84 bits per heavy atom. The second-order valence-corrected chi connectivity index (χ2v) is 7.32. The molecule has 0 fully saturated rings. The first-order valence-electron chi connectivity index (χ1n) is 7.73. The average Bonchev–Trinajstić information content (AvgIpc) is 3.26. The number of nitrogens with one attached hydrogen (secondary N) is 2. The molecular weight excluding hydrogens is 334 g/mol. The summed E-state index contributed by atoms with van der Waals surface area (Å²) < 4.78 is 27.9. The number of sulfonamides is 1. The normalized spacial score (nSPS) is 14.6. The molecule has 4 rings (SSSR count). The highest BCUT2D eigenvalue weighted by atomic mass is 32.2. The predicted molar refractivity (Wildman–Crippen MR) is 101 cm³/mol. The van der Waals surface area contributed by atoms with Crippen molar-refractivity contribution >= 4 is 39.3 Å². The molecule has 0 saturated heterocycles. The molecule has 0 bridgehead atoms. The summed E-state index contributed by atoms with van der Waals surface area (Å²) in [5.74, 6) is 0. The molecule has 0 saturated carbocycles. The smallest absolute Gasteiger partial charge is 0.261 e. The number of fused-ring (bicyclic) bond motifs is 1. The maximum atomic E-state index is 12.6. The molecule has 2 N–H and O–H groups in total. The highest BCUT2D eigenvalue weighted by Gasteiger charge is 2.19. The number of aliphatic imine (C=N–C) groups is 1. The summed E-state index contributed by atoms with van der Waals surface area (Å²) in [7, 11) is -3.66. The van der Waals surface area contributed by atoms with Crippen LogP contribution in [0.5, 0.6) is 0 Å². The van der Waals surface area contributed by atoms with E-state index in [1.807, 2.05) is 30.5 Å².